The lowest BCUT2D eigenvalue weighted by atomic mass is 10.1. The lowest BCUT2D eigenvalue weighted by Gasteiger charge is -2.35. The largest absolute Gasteiger partial charge is 0.435 e. The first-order valence-electron chi connectivity index (χ1n) is 14.1. The van der Waals surface area contributed by atoms with Gasteiger partial charge in [0.2, 0.25) is 5.91 Å². The van der Waals surface area contributed by atoms with Gasteiger partial charge >= 0.3 is 6.61 Å². The Labute approximate surface area is 261 Å². The van der Waals surface area contributed by atoms with E-state index in [2.05, 4.69) is 32.4 Å². The summed E-state index contributed by atoms with van der Waals surface area (Å²) in [5.74, 6) is 0.388. The molecule has 7 N–H and O–H groups in total. The maximum Gasteiger partial charge on any atom is 0.387 e. The highest BCUT2D eigenvalue weighted by Crippen LogP contribution is 2.28. The number of rotatable bonds is 9. The number of aliphatic imine (C=N–C) groups is 2. The summed E-state index contributed by atoms with van der Waals surface area (Å²) in [5.41, 5.74) is 19.4. The van der Waals surface area contributed by atoms with E-state index in [1.54, 1.807) is 51.4 Å². The average molecular weight is 624 g/mol. The van der Waals surface area contributed by atoms with Gasteiger partial charge in [-0.2, -0.15) is 8.78 Å². The van der Waals surface area contributed by atoms with Crippen LogP contribution in [0.3, 0.4) is 0 Å². The second-order valence-electron chi connectivity index (χ2n) is 9.68. The van der Waals surface area contributed by atoms with Crippen molar-refractivity contribution >= 4 is 35.4 Å². The lowest BCUT2D eigenvalue weighted by Crippen LogP contribution is -2.50. The van der Waals surface area contributed by atoms with Crippen LogP contribution in [0.4, 0.5) is 14.5 Å². The minimum Gasteiger partial charge on any atom is -0.435 e. The molecule has 0 aromatic heterocycles. The lowest BCUT2D eigenvalue weighted by molar-refractivity contribution is -0.132. The molecule has 45 heavy (non-hydrogen) atoms. The van der Waals surface area contributed by atoms with E-state index in [9.17, 15) is 18.4 Å². The van der Waals surface area contributed by atoms with E-state index in [0.717, 1.165) is 5.56 Å². The van der Waals surface area contributed by atoms with Gasteiger partial charge < -0.3 is 42.0 Å². The molecule has 2 aliphatic heterocycles. The Balaban J connectivity index is 0.00000271. The number of alkyl halides is 2. The number of carbonyl (C=O) groups is 2. The van der Waals surface area contributed by atoms with Crippen LogP contribution in [-0.2, 0) is 4.79 Å². The van der Waals surface area contributed by atoms with Gasteiger partial charge in [-0.25, -0.2) is 4.99 Å². The second-order valence-corrected chi connectivity index (χ2v) is 9.68. The molecule has 0 atom stereocenters. The molecule has 12 nitrogen and oxygen atoms in total. The summed E-state index contributed by atoms with van der Waals surface area (Å²) < 4.78 is 29.5. The first-order chi connectivity index (χ1) is 21.7. The monoisotopic (exact) mass is 623 g/mol. The summed E-state index contributed by atoms with van der Waals surface area (Å²) in [6.07, 6.45) is 6.13. The van der Waals surface area contributed by atoms with Crippen LogP contribution in [0.15, 0.2) is 83.3 Å². The van der Waals surface area contributed by atoms with Gasteiger partial charge in [-0.05, 0) is 62.0 Å². The molecule has 2 amide bonds. The van der Waals surface area contributed by atoms with Crippen LogP contribution in [0.25, 0.3) is 5.70 Å². The number of piperazine rings is 1. The Bertz CT molecular complexity index is 1470. The SMILES string of the molecule is C=C1C(Nc2ccc(C(=O)N3CCN(C(=O)CCN=CN)CC3)c(C)c2)=NC=CN1/C(=C\N)c1ccc(OC(F)F)cc1.CN. The van der Waals surface area contributed by atoms with Crippen molar-refractivity contribution in [3.05, 3.63) is 90.0 Å². The Morgan fingerprint density at radius 2 is 1.76 bits per heavy atom. The van der Waals surface area contributed by atoms with Crippen molar-refractivity contribution in [1.82, 2.24) is 14.7 Å². The van der Waals surface area contributed by atoms with Crippen LogP contribution < -0.4 is 27.3 Å². The summed E-state index contributed by atoms with van der Waals surface area (Å²) in [6, 6.07) is 11.5. The maximum atomic E-state index is 13.3. The van der Waals surface area contributed by atoms with Crippen molar-refractivity contribution in [2.24, 2.45) is 27.2 Å². The van der Waals surface area contributed by atoms with Crippen molar-refractivity contribution in [3.63, 3.8) is 0 Å². The number of nitrogens with two attached hydrogens (primary N) is 3. The van der Waals surface area contributed by atoms with Crippen LogP contribution in [-0.4, -0.2) is 85.1 Å². The number of amides is 2. The normalized spacial score (nSPS) is 15.2. The molecule has 2 aromatic rings. The fraction of sp³-hybridized carbons (Fsp3) is 0.290. The third kappa shape index (κ3) is 8.89. The number of ether oxygens (including phenoxy) is 1. The molecule has 240 valence electrons. The van der Waals surface area contributed by atoms with Crippen molar-refractivity contribution in [2.75, 3.05) is 45.1 Å². The first-order valence-corrected chi connectivity index (χ1v) is 14.1. The third-order valence-electron chi connectivity index (χ3n) is 6.98. The zero-order valence-electron chi connectivity index (χ0n) is 25.3. The number of hydrogen-bond acceptors (Lipinski definition) is 9. The van der Waals surface area contributed by atoms with Crippen LogP contribution >= 0.6 is 0 Å². The molecule has 0 saturated carbocycles. The van der Waals surface area contributed by atoms with Gasteiger partial charge in [0.15, 0.2) is 5.84 Å². The predicted octanol–water partition coefficient (Wildman–Crippen LogP) is 2.90. The van der Waals surface area contributed by atoms with Crippen LogP contribution in [0.1, 0.15) is 27.9 Å². The molecule has 14 heteroatoms. The highest BCUT2D eigenvalue weighted by atomic mass is 19.3. The molecule has 4 rings (SSSR count). The van der Waals surface area contributed by atoms with E-state index < -0.39 is 6.61 Å². The molecule has 1 fully saturated rings. The number of anilines is 1. The molecule has 0 spiro atoms. The molecule has 2 heterocycles. The van der Waals surface area contributed by atoms with Crippen molar-refractivity contribution in [2.45, 2.75) is 20.0 Å². The van der Waals surface area contributed by atoms with Crippen LogP contribution in [0.2, 0.25) is 0 Å². The molecule has 1 saturated heterocycles. The molecular formula is C31H39F2N9O3. The van der Waals surface area contributed by atoms with E-state index in [0.29, 0.717) is 66.8 Å². The standard InChI is InChI=1S/C30H34F2N8O3.CH5N/c1-20-17-23(5-8-25(20)29(42)39-15-13-38(14-16-39)27(41)9-10-35-19-34)37-28-21(2)40(12-11-36-28)26(18-33)22-3-6-24(7-4-22)43-30(31)32;1-2/h3-8,11-12,17-19,30H,2,9-10,13-16,33H2,1H3,(H2,34,35)(H,36,37);2H2,1H3/b26-18-;. The van der Waals surface area contributed by atoms with Gasteiger partial charge in [0.05, 0.1) is 17.7 Å². The van der Waals surface area contributed by atoms with Crippen LogP contribution in [0, 0.1) is 6.92 Å². The summed E-state index contributed by atoms with van der Waals surface area (Å²) >= 11 is 0. The van der Waals surface area contributed by atoms with Gasteiger partial charge in [0.1, 0.15) is 5.75 Å². The fourth-order valence-electron chi connectivity index (χ4n) is 4.75. The summed E-state index contributed by atoms with van der Waals surface area (Å²) in [5, 5.41) is 3.25. The van der Waals surface area contributed by atoms with Gasteiger partial charge in [-0.3, -0.25) is 14.6 Å². The minimum absolute atomic E-state index is 0.00336. The minimum atomic E-state index is -2.92. The summed E-state index contributed by atoms with van der Waals surface area (Å²) in [4.78, 5) is 39.1. The molecule has 2 aliphatic rings. The van der Waals surface area contributed by atoms with Crippen LogP contribution in [0.5, 0.6) is 5.75 Å². The van der Waals surface area contributed by atoms with Gasteiger partial charge in [-0.1, -0.05) is 6.58 Å². The van der Waals surface area contributed by atoms with Crippen molar-refractivity contribution in [1.29, 1.82) is 0 Å². The number of nitrogens with one attached hydrogen (secondary N) is 1. The molecule has 0 aliphatic carbocycles. The highest BCUT2D eigenvalue weighted by Gasteiger charge is 2.26. The average Bonchev–Trinajstić information content (AvgIpc) is 3.04. The summed E-state index contributed by atoms with van der Waals surface area (Å²) in [6.45, 7) is 5.27. The highest BCUT2D eigenvalue weighted by molar-refractivity contribution is 6.09. The topological polar surface area (TPSA) is 168 Å². The predicted molar refractivity (Wildman–Crippen MR) is 172 cm³/mol. The Hall–Kier alpha value is -5.24. The van der Waals surface area contributed by atoms with E-state index in [-0.39, 0.29) is 24.0 Å². The number of hydrogen-bond donors (Lipinski definition) is 4. The van der Waals surface area contributed by atoms with Gasteiger partial charge in [0, 0.05) is 74.6 Å². The third-order valence-corrected chi connectivity index (χ3v) is 6.98. The number of benzene rings is 2. The van der Waals surface area contributed by atoms with E-state index in [1.807, 2.05) is 13.0 Å². The fourth-order valence-corrected chi connectivity index (χ4v) is 4.75. The Morgan fingerprint density at radius 3 is 2.36 bits per heavy atom. The molecule has 0 unspecified atom stereocenters. The van der Waals surface area contributed by atoms with Gasteiger partial charge in [-0.15, -0.1) is 0 Å². The van der Waals surface area contributed by atoms with Gasteiger partial charge in [0.25, 0.3) is 5.91 Å². The zero-order chi connectivity index (χ0) is 32.9. The van der Waals surface area contributed by atoms with E-state index in [1.165, 1.54) is 31.7 Å². The quantitative estimate of drug-likeness (QED) is 0.244. The second kappa shape index (κ2) is 16.6. The van der Waals surface area contributed by atoms with E-state index >= 15 is 0 Å². The first kappa shape index (κ1) is 34.3. The smallest absolute Gasteiger partial charge is 0.387 e. The molecule has 0 radical (unpaired) electrons. The number of amidine groups is 1. The zero-order valence-corrected chi connectivity index (χ0v) is 25.3. The maximum absolute atomic E-state index is 13.3. The van der Waals surface area contributed by atoms with Crippen molar-refractivity contribution < 1.29 is 23.1 Å². The Kier molecular flexibility index (Phi) is 12.6. The number of nitrogens with zero attached hydrogens (tertiary/aromatic N) is 5. The number of halogens is 2. The molecule has 0 bridgehead atoms. The Morgan fingerprint density at radius 1 is 1.09 bits per heavy atom. The molecule has 2 aromatic carbocycles. The summed E-state index contributed by atoms with van der Waals surface area (Å²) in [7, 11) is 1.50. The number of aryl methyl sites for hydroxylation is 1. The van der Waals surface area contributed by atoms with E-state index in [4.69, 9.17) is 11.5 Å². The number of carbonyl (C=O) groups excluding carboxylic acids is 2. The van der Waals surface area contributed by atoms with Crippen molar-refractivity contribution in [3.8, 4) is 5.75 Å². The molecular weight excluding hydrogens is 584 g/mol.